The van der Waals surface area contributed by atoms with Gasteiger partial charge in [-0.15, -0.1) is 0 Å². The summed E-state index contributed by atoms with van der Waals surface area (Å²) in [6.45, 7) is 3.00. The second-order valence-corrected chi connectivity index (χ2v) is 7.33. The minimum Gasteiger partial charge on any atom is -0.368 e. The molecule has 2 aromatic heterocycles. The quantitative estimate of drug-likeness (QED) is 0.516. The number of hydrogen-bond donors (Lipinski definition) is 4. The fourth-order valence-electron chi connectivity index (χ4n) is 3.62. The number of hydrogen-bond acceptors (Lipinski definition) is 7. The van der Waals surface area contributed by atoms with Gasteiger partial charge in [-0.05, 0) is 38.0 Å². The first kappa shape index (κ1) is 19.8. The van der Waals surface area contributed by atoms with Crippen molar-refractivity contribution < 1.29 is 9.18 Å². The largest absolute Gasteiger partial charge is 0.368 e. The molecule has 1 atom stereocenters. The minimum absolute atomic E-state index is 0.0294. The second kappa shape index (κ2) is 8.07. The van der Waals surface area contributed by atoms with Crippen molar-refractivity contribution in [2.75, 3.05) is 29.0 Å². The van der Waals surface area contributed by atoms with Crippen LogP contribution < -0.4 is 21.7 Å². The van der Waals surface area contributed by atoms with Gasteiger partial charge in [0.05, 0.1) is 17.1 Å². The van der Waals surface area contributed by atoms with Gasteiger partial charge in [-0.2, -0.15) is 0 Å². The van der Waals surface area contributed by atoms with Crippen LogP contribution in [-0.4, -0.2) is 45.0 Å². The number of piperidine rings is 1. The smallest absolute Gasteiger partial charge is 0.291 e. The van der Waals surface area contributed by atoms with E-state index in [1.165, 1.54) is 6.07 Å². The highest BCUT2D eigenvalue weighted by molar-refractivity contribution is 6.04. The van der Waals surface area contributed by atoms with Gasteiger partial charge in [-0.25, -0.2) is 19.3 Å². The number of nitrogens with one attached hydrogen (secondary N) is 2. The molecule has 0 radical (unpaired) electrons. The van der Waals surface area contributed by atoms with E-state index in [9.17, 15) is 9.18 Å². The summed E-state index contributed by atoms with van der Waals surface area (Å²) in [4.78, 5) is 29.9. The van der Waals surface area contributed by atoms with Crippen LogP contribution in [0.1, 0.15) is 29.2 Å². The highest BCUT2D eigenvalue weighted by Crippen LogP contribution is 2.31. The zero-order valence-electron chi connectivity index (χ0n) is 16.5. The molecular formula is C20H23FN8O. The summed E-state index contributed by atoms with van der Waals surface area (Å²) < 4.78 is 14.6. The van der Waals surface area contributed by atoms with Crippen LogP contribution in [0.25, 0.3) is 11.4 Å². The number of anilines is 3. The number of halogens is 1. The van der Waals surface area contributed by atoms with Crippen LogP contribution in [0.4, 0.5) is 21.7 Å². The van der Waals surface area contributed by atoms with Crippen molar-refractivity contribution >= 4 is 23.2 Å². The number of nitrogen functional groups attached to an aromatic ring is 1. The Morgan fingerprint density at radius 1 is 1.30 bits per heavy atom. The zero-order chi connectivity index (χ0) is 21.3. The van der Waals surface area contributed by atoms with Gasteiger partial charge >= 0.3 is 0 Å². The topological polar surface area (TPSA) is 139 Å². The minimum atomic E-state index is -0.492. The second-order valence-electron chi connectivity index (χ2n) is 7.33. The molecule has 10 heteroatoms. The van der Waals surface area contributed by atoms with E-state index in [0.717, 1.165) is 12.8 Å². The molecule has 0 bridgehead atoms. The predicted molar refractivity (Wildman–Crippen MR) is 113 cm³/mol. The maximum Gasteiger partial charge on any atom is 0.291 e. The summed E-state index contributed by atoms with van der Waals surface area (Å²) in [6.07, 6.45) is 3.33. The molecule has 3 aromatic rings. The van der Waals surface area contributed by atoms with Gasteiger partial charge in [-0.1, -0.05) is 6.07 Å². The fraction of sp³-hybridized carbons (Fsp3) is 0.300. The number of aryl methyl sites for hydroxylation is 1. The van der Waals surface area contributed by atoms with Gasteiger partial charge in [0.25, 0.3) is 5.91 Å². The predicted octanol–water partition coefficient (Wildman–Crippen LogP) is 2.08. The van der Waals surface area contributed by atoms with E-state index in [2.05, 4.69) is 25.3 Å². The summed E-state index contributed by atoms with van der Waals surface area (Å²) in [5.41, 5.74) is 14.1. The molecule has 1 fully saturated rings. The molecule has 0 saturated carbocycles. The molecule has 6 N–H and O–H groups in total. The standard InChI is InChI=1S/C20H23FN8O/c1-11-8-15(28-20(23)25-11)16-9-24-18(26-16)19(30)27-14-6-2-5-13(21)17(14)29-7-3-4-12(22)10-29/h2,5-6,8-9,12H,3-4,7,10,22H2,1H3,(H,24,26)(H,27,30)(H2,23,25,28). The molecule has 1 amide bonds. The lowest BCUT2D eigenvalue weighted by Gasteiger charge is -2.34. The number of benzene rings is 1. The maximum atomic E-state index is 14.6. The summed E-state index contributed by atoms with van der Waals surface area (Å²) in [5, 5.41) is 2.75. The Morgan fingerprint density at radius 3 is 2.90 bits per heavy atom. The van der Waals surface area contributed by atoms with E-state index in [1.807, 2.05) is 4.90 Å². The van der Waals surface area contributed by atoms with Crippen LogP contribution in [0.5, 0.6) is 0 Å². The highest BCUT2D eigenvalue weighted by atomic mass is 19.1. The van der Waals surface area contributed by atoms with Crippen molar-refractivity contribution in [3.05, 3.63) is 47.8 Å². The van der Waals surface area contributed by atoms with Crippen LogP contribution >= 0.6 is 0 Å². The third-order valence-electron chi connectivity index (χ3n) is 4.94. The lowest BCUT2D eigenvalue weighted by atomic mass is 10.1. The van der Waals surface area contributed by atoms with Gasteiger partial charge in [0, 0.05) is 31.0 Å². The average Bonchev–Trinajstić information content (AvgIpc) is 3.18. The van der Waals surface area contributed by atoms with Gasteiger partial charge in [-0.3, -0.25) is 4.79 Å². The van der Waals surface area contributed by atoms with Crippen molar-refractivity contribution in [3.8, 4) is 11.4 Å². The first-order chi connectivity index (χ1) is 14.4. The number of aromatic amines is 1. The molecule has 1 aliphatic heterocycles. The van der Waals surface area contributed by atoms with Crippen LogP contribution in [0.2, 0.25) is 0 Å². The SMILES string of the molecule is Cc1cc(-c2c[nH]c(C(=O)Nc3cccc(F)c3N3CCCC(N)C3)n2)nc(N)n1. The number of amides is 1. The number of nitrogens with two attached hydrogens (primary N) is 2. The Kier molecular flexibility index (Phi) is 5.32. The van der Waals surface area contributed by atoms with E-state index in [1.54, 1.807) is 31.3 Å². The maximum absolute atomic E-state index is 14.6. The lowest BCUT2D eigenvalue weighted by Crippen LogP contribution is -2.43. The van der Waals surface area contributed by atoms with E-state index in [0.29, 0.717) is 41.5 Å². The zero-order valence-corrected chi connectivity index (χ0v) is 16.5. The number of imidazole rings is 1. The molecule has 9 nitrogen and oxygen atoms in total. The summed E-state index contributed by atoms with van der Waals surface area (Å²) >= 11 is 0. The monoisotopic (exact) mass is 410 g/mol. The molecule has 0 aliphatic carbocycles. The normalized spacial score (nSPS) is 16.5. The number of carbonyl (C=O) groups is 1. The summed E-state index contributed by atoms with van der Waals surface area (Å²) in [5.74, 6) is -0.698. The fourth-order valence-corrected chi connectivity index (χ4v) is 3.62. The summed E-state index contributed by atoms with van der Waals surface area (Å²) in [7, 11) is 0. The molecule has 30 heavy (non-hydrogen) atoms. The van der Waals surface area contributed by atoms with Crippen LogP contribution in [-0.2, 0) is 0 Å². The number of para-hydroxylation sites is 1. The number of aromatic nitrogens is 4. The Morgan fingerprint density at radius 2 is 2.13 bits per heavy atom. The number of carbonyl (C=O) groups excluding carboxylic acids is 1. The Bertz CT molecular complexity index is 1060. The van der Waals surface area contributed by atoms with Gasteiger partial charge < -0.3 is 26.7 Å². The molecule has 4 rings (SSSR count). The molecule has 1 aromatic carbocycles. The number of rotatable bonds is 4. The number of nitrogens with zero attached hydrogens (tertiary/aromatic N) is 4. The van der Waals surface area contributed by atoms with Gasteiger partial charge in [0.1, 0.15) is 11.5 Å². The molecule has 1 unspecified atom stereocenters. The lowest BCUT2D eigenvalue weighted by molar-refractivity contribution is 0.101. The molecule has 156 valence electrons. The van der Waals surface area contributed by atoms with Crippen molar-refractivity contribution in [2.45, 2.75) is 25.8 Å². The Hall–Kier alpha value is -3.53. The molecule has 1 saturated heterocycles. The average molecular weight is 410 g/mol. The van der Waals surface area contributed by atoms with Crippen molar-refractivity contribution in [3.63, 3.8) is 0 Å². The third kappa shape index (κ3) is 4.08. The van der Waals surface area contributed by atoms with E-state index in [-0.39, 0.29) is 17.8 Å². The van der Waals surface area contributed by atoms with Crippen molar-refractivity contribution in [2.24, 2.45) is 5.73 Å². The highest BCUT2D eigenvalue weighted by Gasteiger charge is 2.23. The molecule has 1 aliphatic rings. The van der Waals surface area contributed by atoms with Crippen molar-refractivity contribution in [1.82, 2.24) is 19.9 Å². The van der Waals surface area contributed by atoms with E-state index >= 15 is 0 Å². The molecule has 0 spiro atoms. The van der Waals surface area contributed by atoms with Gasteiger partial charge in [0.15, 0.2) is 5.82 Å². The van der Waals surface area contributed by atoms with E-state index in [4.69, 9.17) is 11.5 Å². The Labute approximate surface area is 172 Å². The molecule has 3 heterocycles. The molecular weight excluding hydrogens is 387 g/mol. The third-order valence-corrected chi connectivity index (χ3v) is 4.94. The first-order valence-electron chi connectivity index (χ1n) is 9.68. The number of H-pyrrole nitrogens is 1. The van der Waals surface area contributed by atoms with E-state index < -0.39 is 11.7 Å². The van der Waals surface area contributed by atoms with Gasteiger partial charge in [0.2, 0.25) is 5.95 Å². The Balaban J connectivity index is 1.58. The van der Waals surface area contributed by atoms with Crippen molar-refractivity contribution in [1.29, 1.82) is 0 Å². The van der Waals surface area contributed by atoms with Crippen LogP contribution in [0.3, 0.4) is 0 Å². The van der Waals surface area contributed by atoms with Crippen LogP contribution in [0, 0.1) is 12.7 Å². The first-order valence-corrected chi connectivity index (χ1v) is 9.68. The summed E-state index contributed by atoms with van der Waals surface area (Å²) in [6, 6.07) is 6.28. The van der Waals surface area contributed by atoms with Crippen LogP contribution in [0.15, 0.2) is 30.5 Å².